The summed E-state index contributed by atoms with van der Waals surface area (Å²) in [5, 5.41) is 8.40. The van der Waals surface area contributed by atoms with Crippen LogP contribution in [0.4, 0.5) is 0 Å². The summed E-state index contributed by atoms with van der Waals surface area (Å²) in [6.45, 7) is 5.79. The summed E-state index contributed by atoms with van der Waals surface area (Å²) in [4.78, 5) is 6.83. The quantitative estimate of drug-likeness (QED) is 0.804. The highest BCUT2D eigenvalue weighted by atomic mass is 16.5. The van der Waals surface area contributed by atoms with E-state index in [4.69, 9.17) is 9.47 Å². The zero-order valence-electron chi connectivity index (χ0n) is 13.5. The maximum absolute atomic E-state index is 5.47. The monoisotopic (exact) mass is 317 g/mol. The summed E-state index contributed by atoms with van der Waals surface area (Å²) < 4.78 is 12.5. The van der Waals surface area contributed by atoms with Crippen molar-refractivity contribution in [2.45, 2.75) is 19.4 Å². The fraction of sp³-hybridized carbons (Fsp3) is 0.562. The van der Waals surface area contributed by atoms with Gasteiger partial charge in [-0.25, -0.2) is 4.98 Å². The van der Waals surface area contributed by atoms with Gasteiger partial charge in [0.1, 0.15) is 5.69 Å². The van der Waals surface area contributed by atoms with Crippen LogP contribution in [0.1, 0.15) is 12.8 Å². The summed E-state index contributed by atoms with van der Waals surface area (Å²) in [5.41, 5.74) is 1.55. The predicted molar refractivity (Wildman–Crippen MR) is 86.3 cm³/mol. The van der Waals surface area contributed by atoms with Crippen LogP contribution in [0.3, 0.4) is 0 Å². The number of hydrogen-bond acceptors (Lipinski definition) is 6. The molecule has 2 aromatic rings. The van der Waals surface area contributed by atoms with Crippen LogP contribution in [-0.4, -0.2) is 64.8 Å². The molecule has 1 aliphatic rings. The molecule has 0 N–H and O–H groups in total. The van der Waals surface area contributed by atoms with Crippen LogP contribution in [0.15, 0.2) is 24.4 Å². The highest BCUT2D eigenvalue weighted by Crippen LogP contribution is 2.16. The van der Waals surface area contributed by atoms with Crippen molar-refractivity contribution >= 4 is 0 Å². The molecular formula is C16H23N5O2. The van der Waals surface area contributed by atoms with E-state index in [2.05, 4.69) is 20.2 Å². The van der Waals surface area contributed by atoms with E-state index in [9.17, 15) is 0 Å². The van der Waals surface area contributed by atoms with Crippen LogP contribution in [-0.2, 0) is 11.3 Å². The van der Waals surface area contributed by atoms with Crippen LogP contribution in [0.25, 0.3) is 11.4 Å². The Morgan fingerprint density at radius 1 is 1.17 bits per heavy atom. The number of hydrogen-bond donors (Lipinski definition) is 0. The minimum absolute atomic E-state index is 0.584. The maximum atomic E-state index is 5.47. The molecule has 3 rings (SSSR count). The molecule has 0 spiro atoms. The van der Waals surface area contributed by atoms with Gasteiger partial charge in [0.15, 0.2) is 0 Å². The molecule has 7 nitrogen and oxygen atoms in total. The Morgan fingerprint density at radius 2 is 2.13 bits per heavy atom. The zero-order chi connectivity index (χ0) is 15.9. The molecule has 0 amide bonds. The standard InChI is InChI=1S/C16H23N5O2/c1-22-16-6-2-5-14(17-16)15-13-21(19-18-15)9-3-7-20-8-4-11-23-12-10-20/h2,5-6,13H,3-4,7-12H2,1H3. The molecule has 0 unspecified atom stereocenters. The van der Waals surface area contributed by atoms with E-state index in [-0.39, 0.29) is 0 Å². The highest BCUT2D eigenvalue weighted by Gasteiger charge is 2.10. The molecule has 0 radical (unpaired) electrons. The number of nitrogens with zero attached hydrogens (tertiary/aromatic N) is 5. The molecule has 3 heterocycles. The smallest absolute Gasteiger partial charge is 0.213 e. The van der Waals surface area contributed by atoms with Crippen LogP contribution < -0.4 is 4.74 Å². The van der Waals surface area contributed by atoms with Crippen LogP contribution in [0, 0.1) is 0 Å². The SMILES string of the molecule is COc1cccc(-c2cn(CCCN3CCCOCC3)nn2)n1. The molecule has 1 fully saturated rings. The Labute approximate surface area is 136 Å². The van der Waals surface area contributed by atoms with Crippen LogP contribution in [0.5, 0.6) is 5.88 Å². The van der Waals surface area contributed by atoms with Gasteiger partial charge in [-0.05, 0) is 25.5 Å². The Hall–Kier alpha value is -1.99. The number of pyridine rings is 1. The van der Waals surface area contributed by atoms with Crippen molar-refractivity contribution < 1.29 is 9.47 Å². The van der Waals surface area contributed by atoms with Crippen molar-refractivity contribution in [1.82, 2.24) is 24.9 Å². The molecule has 23 heavy (non-hydrogen) atoms. The largest absolute Gasteiger partial charge is 0.481 e. The van der Waals surface area contributed by atoms with Crippen molar-refractivity contribution in [3.05, 3.63) is 24.4 Å². The van der Waals surface area contributed by atoms with Crippen LogP contribution >= 0.6 is 0 Å². The first kappa shape index (κ1) is 15.9. The number of rotatable bonds is 6. The second kappa shape index (κ2) is 8.03. The first-order chi connectivity index (χ1) is 11.3. The lowest BCUT2D eigenvalue weighted by molar-refractivity contribution is 0.141. The van der Waals surface area contributed by atoms with Crippen LogP contribution in [0.2, 0.25) is 0 Å². The normalized spacial score (nSPS) is 16.2. The third kappa shape index (κ3) is 4.49. The van der Waals surface area contributed by atoms with Gasteiger partial charge >= 0.3 is 0 Å². The molecule has 0 saturated carbocycles. The van der Waals surface area contributed by atoms with Gasteiger partial charge in [-0.2, -0.15) is 0 Å². The molecule has 2 aromatic heterocycles. The summed E-state index contributed by atoms with van der Waals surface area (Å²) in [7, 11) is 1.61. The van der Waals surface area contributed by atoms with Crippen molar-refractivity contribution in [2.24, 2.45) is 0 Å². The van der Waals surface area contributed by atoms with Gasteiger partial charge in [0.25, 0.3) is 0 Å². The van der Waals surface area contributed by atoms with E-state index >= 15 is 0 Å². The van der Waals surface area contributed by atoms with Crippen molar-refractivity contribution in [1.29, 1.82) is 0 Å². The summed E-state index contributed by atoms with van der Waals surface area (Å²) >= 11 is 0. The van der Waals surface area contributed by atoms with E-state index in [1.165, 1.54) is 0 Å². The van der Waals surface area contributed by atoms with Crippen molar-refractivity contribution in [3.8, 4) is 17.3 Å². The second-order valence-electron chi connectivity index (χ2n) is 5.59. The lowest BCUT2D eigenvalue weighted by Gasteiger charge is -2.18. The number of ether oxygens (including phenoxy) is 2. The fourth-order valence-corrected chi connectivity index (χ4v) is 2.67. The molecule has 124 valence electrons. The van der Waals surface area contributed by atoms with E-state index in [0.29, 0.717) is 5.88 Å². The first-order valence-corrected chi connectivity index (χ1v) is 8.07. The highest BCUT2D eigenvalue weighted by molar-refractivity contribution is 5.52. The fourth-order valence-electron chi connectivity index (χ4n) is 2.67. The Kier molecular flexibility index (Phi) is 5.55. The minimum Gasteiger partial charge on any atom is -0.481 e. The molecule has 0 aromatic carbocycles. The molecule has 7 heteroatoms. The van der Waals surface area contributed by atoms with Gasteiger partial charge in [0.2, 0.25) is 5.88 Å². The Balaban J connectivity index is 1.52. The van der Waals surface area contributed by atoms with Gasteiger partial charge in [-0.3, -0.25) is 4.68 Å². The van der Waals surface area contributed by atoms with E-state index < -0.39 is 0 Å². The summed E-state index contributed by atoms with van der Waals surface area (Å²) in [6.07, 6.45) is 4.11. The third-order valence-electron chi connectivity index (χ3n) is 3.91. The molecular weight excluding hydrogens is 294 g/mol. The molecule has 1 saturated heterocycles. The summed E-state index contributed by atoms with van der Waals surface area (Å²) in [6, 6.07) is 5.63. The number of aromatic nitrogens is 4. The van der Waals surface area contributed by atoms with E-state index in [1.54, 1.807) is 7.11 Å². The van der Waals surface area contributed by atoms with Gasteiger partial charge in [0.05, 0.1) is 25.6 Å². The van der Waals surface area contributed by atoms with E-state index in [0.717, 1.165) is 63.6 Å². The second-order valence-corrected chi connectivity index (χ2v) is 5.59. The molecule has 0 aliphatic carbocycles. The average molecular weight is 317 g/mol. The zero-order valence-corrected chi connectivity index (χ0v) is 13.5. The average Bonchev–Trinajstić information content (AvgIpc) is 2.91. The number of aryl methyl sites for hydroxylation is 1. The minimum atomic E-state index is 0.584. The van der Waals surface area contributed by atoms with Gasteiger partial charge in [-0.15, -0.1) is 5.10 Å². The van der Waals surface area contributed by atoms with E-state index in [1.807, 2.05) is 29.1 Å². The molecule has 0 bridgehead atoms. The summed E-state index contributed by atoms with van der Waals surface area (Å²) in [5.74, 6) is 0.584. The third-order valence-corrected chi connectivity index (χ3v) is 3.91. The molecule has 0 atom stereocenters. The lowest BCUT2D eigenvalue weighted by atomic mass is 10.3. The van der Waals surface area contributed by atoms with Crippen molar-refractivity contribution in [3.63, 3.8) is 0 Å². The Morgan fingerprint density at radius 3 is 3.04 bits per heavy atom. The van der Waals surface area contributed by atoms with Gasteiger partial charge in [0, 0.05) is 32.3 Å². The predicted octanol–water partition coefficient (Wildman–Crippen LogP) is 1.46. The number of methoxy groups -OCH3 is 1. The van der Waals surface area contributed by atoms with Gasteiger partial charge < -0.3 is 14.4 Å². The Bertz CT molecular complexity index is 608. The van der Waals surface area contributed by atoms with Crippen molar-refractivity contribution in [2.75, 3.05) is 40.0 Å². The lowest BCUT2D eigenvalue weighted by Crippen LogP contribution is -2.28. The topological polar surface area (TPSA) is 65.3 Å². The first-order valence-electron chi connectivity index (χ1n) is 8.07. The molecule has 1 aliphatic heterocycles. The maximum Gasteiger partial charge on any atom is 0.213 e. The van der Waals surface area contributed by atoms with Gasteiger partial charge in [-0.1, -0.05) is 11.3 Å².